The Hall–Kier alpha value is -1.89. The van der Waals surface area contributed by atoms with Crippen molar-refractivity contribution >= 4 is 15.7 Å². The lowest BCUT2D eigenvalue weighted by molar-refractivity contribution is 0.313. The zero-order chi connectivity index (χ0) is 19.3. The predicted octanol–water partition coefficient (Wildman–Crippen LogP) is 2.66. The first-order valence-electron chi connectivity index (χ1n) is 9.53. The number of likely N-dealkylation sites (N-methyl/N-ethyl adjacent to an activating group) is 1. The molecule has 1 aliphatic heterocycles. The fraction of sp³-hybridized carbons (Fsp3) is 0.429. The summed E-state index contributed by atoms with van der Waals surface area (Å²) in [5, 5.41) is 0. The standard InChI is InChI=1S/C21H29N3O2S/c1-18-5-3-7-21(17-18)27(25,26)22-12-4-6-19-8-10-20(11-9-19)24-15-13-23(2)14-16-24/h3,5,7-11,17,22H,4,6,12-16H2,1-2H3. The van der Waals surface area contributed by atoms with E-state index < -0.39 is 10.0 Å². The molecule has 1 saturated heterocycles. The second kappa shape index (κ2) is 8.87. The highest BCUT2D eigenvalue weighted by Crippen LogP contribution is 2.18. The van der Waals surface area contributed by atoms with Crippen molar-refractivity contribution in [2.45, 2.75) is 24.7 Å². The first kappa shape index (κ1) is 19.9. The third-order valence-electron chi connectivity index (χ3n) is 5.04. The minimum Gasteiger partial charge on any atom is -0.369 e. The number of hydrogen-bond donors (Lipinski definition) is 1. The van der Waals surface area contributed by atoms with Crippen LogP contribution >= 0.6 is 0 Å². The summed E-state index contributed by atoms with van der Waals surface area (Å²) in [6, 6.07) is 15.7. The molecule has 0 atom stereocenters. The van der Waals surface area contributed by atoms with E-state index in [1.54, 1.807) is 18.2 Å². The van der Waals surface area contributed by atoms with E-state index in [0.29, 0.717) is 11.4 Å². The van der Waals surface area contributed by atoms with Gasteiger partial charge in [-0.25, -0.2) is 13.1 Å². The maximum Gasteiger partial charge on any atom is 0.240 e. The van der Waals surface area contributed by atoms with E-state index in [1.165, 1.54) is 11.3 Å². The van der Waals surface area contributed by atoms with Crippen LogP contribution < -0.4 is 9.62 Å². The molecule has 1 N–H and O–H groups in total. The second-order valence-electron chi connectivity index (χ2n) is 7.27. The maximum atomic E-state index is 12.3. The van der Waals surface area contributed by atoms with Crippen LogP contribution in [0.5, 0.6) is 0 Å². The zero-order valence-corrected chi connectivity index (χ0v) is 17.0. The molecular weight excluding hydrogens is 358 g/mol. The van der Waals surface area contributed by atoms with Gasteiger partial charge in [0.25, 0.3) is 0 Å². The molecule has 1 aliphatic rings. The minimum absolute atomic E-state index is 0.332. The average Bonchev–Trinajstić information content (AvgIpc) is 2.66. The molecule has 1 heterocycles. The van der Waals surface area contributed by atoms with Gasteiger partial charge < -0.3 is 9.80 Å². The van der Waals surface area contributed by atoms with Gasteiger partial charge in [-0.1, -0.05) is 24.3 Å². The molecule has 146 valence electrons. The van der Waals surface area contributed by atoms with Gasteiger partial charge in [-0.2, -0.15) is 0 Å². The Morgan fingerprint density at radius 3 is 2.37 bits per heavy atom. The molecule has 0 bridgehead atoms. The Morgan fingerprint density at radius 2 is 1.70 bits per heavy atom. The van der Waals surface area contributed by atoms with Gasteiger partial charge in [0.2, 0.25) is 10.0 Å². The van der Waals surface area contributed by atoms with E-state index in [-0.39, 0.29) is 0 Å². The van der Waals surface area contributed by atoms with Crippen LogP contribution in [-0.4, -0.2) is 53.1 Å². The number of hydrogen-bond acceptors (Lipinski definition) is 4. The zero-order valence-electron chi connectivity index (χ0n) is 16.2. The molecule has 1 fully saturated rings. The Kier molecular flexibility index (Phi) is 6.52. The highest BCUT2D eigenvalue weighted by Gasteiger charge is 2.14. The maximum absolute atomic E-state index is 12.3. The molecule has 27 heavy (non-hydrogen) atoms. The molecule has 0 amide bonds. The van der Waals surface area contributed by atoms with Gasteiger partial charge in [-0.15, -0.1) is 0 Å². The average molecular weight is 388 g/mol. The molecule has 0 spiro atoms. The largest absolute Gasteiger partial charge is 0.369 e. The van der Waals surface area contributed by atoms with Gasteiger partial charge in [-0.05, 0) is 62.2 Å². The molecule has 3 rings (SSSR count). The highest BCUT2D eigenvalue weighted by atomic mass is 32.2. The number of nitrogens with one attached hydrogen (secondary N) is 1. The van der Waals surface area contributed by atoms with E-state index in [2.05, 4.69) is 45.8 Å². The van der Waals surface area contributed by atoms with Crippen LogP contribution in [0.15, 0.2) is 53.4 Å². The van der Waals surface area contributed by atoms with Gasteiger partial charge in [0.05, 0.1) is 4.90 Å². The number of piperazine rings is 1. The van der Waals surface area contributed by atoms with Crippen molar-refractivity contribution in [1.29, 1.82) is 0 Å². The van der Waals surface area contributed by atoms with Crippen molar-refractivity contribution in [3.63, 3.8) is 0 Å². The fourth-order valence-corrected chi connectivity index (χ4v) is 4.48. The van der Waals surface area contributed by atoms with E-state index in [1.807, 2.05) is 13.0 Å². The second-order valence-corrected chi connectivity index (χ2v) is 9.04. The Bertz CT molecular complexity index is 842. The summed E-state index contributed by atoms with van der Waals surface area (Å²) >= 11 is 0. The monoisotopic (exact) mass is 387 g/mol. The Balaban J connectivity index is 1.46. The lowest BCUT2D eigenvalue weighted by Gasteiger charge is -2.34. The molecule has 0 aliphatic carbocycles. The molecule has 0 unspecified atom stereocenters. The molecule has 0 radical (unpaired) electrons. The number of nitrogens with zero attached hydrogens (tertiary/aromatic N) is 2. The molecule has 0 saturated carbocycles. The summed E-state index contributed by atoms with van der Waals surface area (Å²) in [6.45, 7) is 6.67. The molecule has 2 aromatic rings. The summed E-state index contributed by atoms with van der Waals surface area (Å²) in [5.41, 5.74) is 3.45. The minimum atomic E-state index is -3.42. The lowest BCUT2D eigenvalue weighted by atomic mass is 10.1. The van der Waals surface area contributed by atoms with Gasteiger partial charge >= 0.3 is 0 Å². The van der Waals surface area contributed by atoms with E-state index in [4.69, 9.17) is 0 Å². The summed E-state index contributed by atoms with van der Waals surface area (Å²) < 4.78 is 27.3. The number of anilines is 1. The van der Waals surface area contributed by atoms with Crippen LogP contribution in [0.1, 0.15) is 17.5 Å². The molecule has 0 aromatic heterocycles. The van der Waals surface area contributed by atoms with Gasteiger partial charge in [-0.3, -0.25) is 0 Å². The van der Waals surface area contributed by atoms with Crippen LogP contribution in [0, 0.1) is 6.92 Å². The molecule has 5 nitrogen and oxygen atoms in total. The molecular formula is C21H29N3O2S. The first-order chi connectivity index (χ1) is 12.9. The first-order valence-corrected chi connectivity index (χ1v) is 11.0. The van der Waals surface area contributed by atoms with Gasteiger partial charge in [0.15, 0.2) is 0 Å². The van der Waals surface area contributed by atoms with Crippen molar-refractivity contribution in [1.82, 2.24) is 9.62 Å². The van der Waals surface area contributed by atoms with E-state index in [0.717, 1.165) is 44.6 Å². The van der Waals surface area contributed by atoms with Gasteiger partial charge in [0, 0.05) is 38.4 Å². The van der Waals surface area contributed by atoms with Crippen molar-refractivity contribution in [2.75, 3.05) is 44.7 Å². The highest BCUT2D eigenvalue weighted by molar-refractivity contribution is 7.89. The van der Waals surface area contributed by atoms with Crippen molar-refractivity contribution < 1.29 is 8.42 Å². The number of sulfonamides is 1. The van der Waals surface area contributed by atoms with Crippen LogP contribution in [-0.2, 0) is 16.4 Å². The van der Waals surface area contributed by atoms with Gasteiger partial charge in [0.1, 0.15) is 0 Å². The quantitative estimate of drug-likeness (QED) is 0.742. The van der Waals surface area contributed by atoms with Crippen molar-refractivity contribution in [3.05, 3.63) is 59.7 Å². The number of rotatable bonds is 7. The number of benzene rings is 2. The van der Waals surface area contributed by atoms with Crippen LogP contribution in [0.2, 0.25) is 0 Å². The van der Waals surface area contributed by atoms with E-state index >= 15 is 0 Å². The smallest absolute Gasteiger partial charge is 0.240 e. The fourth-order valence-electron chi connectivity index (χ4n) is 3.30. The Morgan fingerprint density at radius 1 is 1.00 bits per heavy atom. The molecule has 2 aromatic carbocycles. The number of aryl methyl sites for hydroxylation is 2. The third-order valence-corrected chi connectivity index (χ3v) is 6.50. The third kappa shape index (κ3) is 5.54. The summed E-state index contributed by atoms with van der Waals surface area (Å²) in [7, 11) is -1.26. The van der Waals surface area contributed by atoms with Crippen LogP contribution in [0.25, 0.3) is 0 Å². The lowest BCUT2D eigenvalue weighted by Crippen LogP contribution is -2.44. The summed E-state index contributed by atoms with van der Waals surface area (Å²) in [5.74, 6) is 0. The SMILES string of the molecule is Cc1cccc(S(=O)(=O)NCCCc2ccc(N3CCN(C)CC3)cc2)c1. The summed E-state index contributed by atoms with van der Waals surface area (Å²) in [6.07, 6.45) is 1.64. The normalized spacial score (nSPS) is 15.9. The summed E-state index contributed by atoms with van der Waals surface area (Å²) in [4.78, 5) is 5.10. The Labute approximate surface area is 163 Å². The van der Waals surface area contributed by atoms with Crippen LogP contribution in [0.4, 0.5) is 5.69 Å². The predicted molar refractivity (Wildman–Crippen MR) is 111 cm³/mol. The van der Waals surface area contributed by atoms with Crippen molar-refractivity contribution in [3.8, 4) is 0 Å². The van der Waals surface area contributed by atoms with Crippen LogP contribution in [0.3, 0.4) is 0 Å². The van der Waals surface area contributed by atoms with E-state index in [9.17, 15) is 8.42 Å². The molecule has 6 heteroatoms. The topological polar surface area (TPSA) is 52.7 Å². The van der Waals surface area contributed by atoms with Crippen molar-refractivity contribution in [2.24, 2.45) is 0 Å².